The highest BCUT2D eigenvalue weighted by molar-refractivity contribution is 14.1. The summed E-state index contributed by atoms with van der Waals surface area (Å²) in [5.41, 5.74) is 0. The van der Waals surface area contributed by atoms with E-state index in [0.29, 0.717) is 6.61 Å². The lowest BCUT2D eigenvalue weighted by Crippen LogP contribution is -2.37. The summed E-state index contributed by atoms with van der Waals surface area (Å²) in [7, 11) is 6.29. The van der Waals surface area contributed by atoms with Crippen LogP contribution in [0.15, 0.2) is 0 Å². The summed E-state index contributed by atoms with van der Waals surface area (Å²) in [5.74, 6) is -0.0177. The number of quaternary nitrogens is 1. The van der Waals surface area contributed by atoms with Crippen LogP contribution in [0.2, 0.25) is 0 Å². The van der Waals surface area contributed by atoms with Crippen LogP contribution in [-0.2, 0) is 8.98 Å². The number of likely N-dealkylation sites (N-methyl/N-ethyl adjacent to an activating group) is 1. The van der Waals surface area contributed by atoms with Gasteiger partial charge in [-0.1, -0.05) is 0 Å². The maximum Gasteiger partial charge on any atom is 0.240 e. The van der Waals surface area contributed by atoms with Gasteiger partial charge in [-0.25, -0.2) is 2.52 Å². The Morgan fingerprint density at radius 2 is 2.08 bits per heavy atom. The first kappa shape index (κ1) is 13.5. The van der Waals surface area contributed by atoms with Gasteiger partial charge in [-0.15, -0.1) is 0 Å². The van der Waals surface area contributed by atoms with Crippen molar-refractivity contribution in [3.8, 4) is 0 Å². The van der Waals surface area contributed by atoms with E-state index in [1.54, 1.807) is 0 Å². The molecule has 0 bridgehead atoms. The van der Waals surface area contributed by atoms with Crippen LogP contribution < -0.4 is 0 Å². The topological polar surface area (TPSA) is 29.5 Å². The normalized spacial score (nSPS) is 11.5. The lowest BCUT2D eigenvalue weighted by molar-refractivity contribution is -0.870. The molecule has 0 aromatic carbocycles. The van der Waals surface area contributed by atoms with Crippen molar-refractivity contribution in [1.29, 1.82) is 0 Å². The third-order valence-corrected chi connectivity index (χ3v) is 3.03. The molecule has 4 nitrogen and oxygen atoms in total. The number of halogens is 1. The molecule has 0 radical (unpaired) electrons. The van der Waals surface area contributed by atoms with E-state index >= 15 is 0 Å². The second kappa shape index (κ2) is 6.05. The minimum Gasteiger partial charge on any atom is -0.329 e. The van der Waals surface area contributed by atoms with Crippen molar-refractivity contribution in [3.63, 3.8) is 0 Å². The molecule has 0 heterocycles. The summed E-state index contributed by atoms with van der Waals surface area (Å²) in [6, 6.07) is 0. The standard InChI is InChI=1S/C7H16IN2O2S/c1-7(11)9(8)13-12-6-5-10(2,3)4/h5-6H2,1-4H3/q+1. The van der Waals surface area contributed by atoms with E-state index in [-0.39, 0.29) is 5.91 Å². The molecule has 0 aliphatic rings. The summed E-state index contributed by atoms with van der Waals surface area (Å²) in [6.45, 7) is 3.07. The summed E-state index contributed by atoms with van der Waals surface area (Å²) in [4.78, 5) is 10.7. The Bertz CT molecular complexity index is 172. The molecule has 0 spiro atoms. The predicted molar refractivity (Wildman–Crippen MR) is 63.0 cm³/mol. The zero-order chi connectivity index (χ0) is 10.5. The molecule has 0 unspecified atom stereocenters. The monoisotopic (exact) mass is 319 g/mol. The zero-order valence-corrected chi connectivity index (χ0v) is 11.4. The predicted octanol–water partition coefficient (Wildman–Crippen LogP) is 1.47. The molecule has 78 valence electrons. The number of hydrogen-bond acceptors (Lipinski definition) is 3. The van der Waals surface area contributed by atoms with Crippen molar-refractivity contribution < 1.29 is 13.5 Å². The number of carbonyl (C=O) groups is 1. The van der Waals surface area contributed by atoms with E-state index in [2.05, 4.69) is 21.1 Å². The van der Waals surface area contributed by atoms with Gasteiger partial charge in [0.25, 0.3) is 0 Å². The average Bonchev–Trinajstić information content (AvgIpc) is 1.95. The van der Waals surface area contributed by atoms with Gasteiger partial charge in [-0.2, -0.15) is 0 Å². The first-order valence-electron chi connectivity index (χ1n) is 3.89. The molecule has 0 atom stereocenters. The van der Waals surface area contributed by atoms with Gasteiger partial charge in [-0.05, 0) is 0 Å². The van der Waals surface area contributed by atoms with Crippen LogP contribution in [0.3, 0.4) is 0 Å². The van der Waals surface area contributed by atoms with Gasteiger partial charge in [-0.3, -0.25) is 8.98 Å². The largest absolute Gasteiger partial charge is 0.329 e. The fourth-order valence-electron chi connectivity index (χ4n) is 0.447. The highest BCUT2D eigenvalue weighted by Gasteiger charge is 2.09. The summed E-state index contributed by atoms with van der Waals surface area (Å²) >= 11 is 2.99. The van der Waals surface area contributed by atoms with E-state index < -0.39 is 0 Å². The van der Waals surface area contributed by atoms with Crippen molar-refractivity contribution in [2.45, 2.75) is 6.92 Å². The maximum atomic E-state index is 10.7. The smallest absolute Gasteiger partial charge is 0.240 e. The Balaban J connectivity index is 3.41. The highest BCUT2D eigenvalue weighted by Crippen LogP contribution is 2.16. The Morgan fingerprint density at radius 1 is 1.54 bits per heavy atom. The van der Waals surface area contributed by atoms with Crippen molar-refractivity contribution in [1.82, 2.24) is 2.52 Å². The first-order valence-corrected chi connectivity index (χ1v) is 5.56. The quantitative estimate of drug-likeness (QED) is 0.192. The summed E-state index contributed by atoms with van der Waals surface area (Å²) < 4.78 is 7.53. The molecule has 0 N–H and O–H groups in total. The van der Waals surface area contributed by atoms with E-state index in [1.165, 1.54) is 9.44 Å². The van der Waals surface area contributed by atoms with Crippen LogP contribution in [-0.4, -0.2) is 47.2 Å². The zero-order valence-electron chi connectivity index (χ0n) is 8.41. The number of rotatable bonds is 5. The van der Waals surface area contributed by atoms with Gasteiger partial charge in [0, 0.05) is 6.92 Å². The van der Waals surface area contributed by atoms with Gasteiger partial charge in [0.05, 0.1) is 44.0 Å². The maximum absolute atomic E-state index is 10.7. The molecule has 0 fully saturated rings. The highest BCUT2D eigenvalue weighted by atomic mass is 127. The van der Waals surface area contributed by atoms with E-state index in [0.717, 1.165) is 23.3 Å². The van der Waals surface area contributed by atoms with Crippen molar-refractivity contribution in [2.75, 3.05) is 34.3 Å². The summed E-state index contributed by atoms with van der Waals surface area (Å²) in [5, 5.41) is 0. The molecule has 0 aliphatic heterocycles. The van der Waals surface area contributed by atoms with Gasteiger partial charge in [0.2, 0.25) is 5.91 Å². The lowest BCUT2D eigenvalue weighted by atomic mass is 10.5. The molecular weight excluding hydrogens is 303 g/mol. The molecule has 0 aromatic heterocycles. The molecule has 0 rings (SSSR count). The van der Waals surface area contributed by atoms with Crippen LogP contribution in [0.4, 0.5) is 0 Å². The van der Waals surface area contributed by atoms with Crippen LogP contribution in [0.5, 0.6) is 0 Å². The third-order valence-electron chi connectivity index (χ3n) is 1.21. The third kappa shape index (κ3) is 8.79. The van der Waals surface area contributed by atoms with E-state index in [1.807, 2.05) is 22.9 Å². The number of amides is 1. The van der Waals surface area contributed by atoms with E-state index in [4.69, 9.17) is 4.18 Å². The van der Waals surface area contributed by atoms with Crippen molar-refractivity contribution >= 4 is 41.0 Å². The Kier molecular flexibility index (Phi) is 6.27. The fraction of sp³-hybridized carbons (Fsp3) is 0.857. The van der Waals surface area contributed by atoms with Crippen molar-refractivity contribution in [2.24, 2.45) is 0 Å². The minimum absolute atomic E-state index is 0.0177. The second-order valence-corrected chi connectivity index (χ2v) is 6.04. The van der Waals surface area contributed by atoms with Gasteiger partial charge in [0.15, 0.2) is 0 Å². The molecule has 0 saturated heterocycles. The lowest BCUT2D eigenvalue weighted by Gasteiger charge is -2.23. The Hall–Kier alpha value is 0.470. The van der Waals surface area contributed by atoms with Crippen molar-refractivity contribution in [3.05, 3.63) is 0 Å². The van der Waals surface area contributed by atoms with Gasteiger partial charge < -0.3 is 4.48 Å². The van der Waals surface area contributed by atoms with E-state index in [9.17, 15) is 4.79 Å². The molecule has 6 heteroatoms. The van der Waals surface area contributed by atoms with Crippen LogP contribution in [0, 0.1) is 0 Å². The molecule has 1 amide bonds. The minimum atomic E-state index is -0.0177. The Morgan fingerprint density at radius 3 is 2.46 bits per heavy atom. The SMILES string of the molecule is CC(=O)N(I)SOCC[N+](C)(C)C. The van der Waals surface area contributed by atoms with Crippen LogP contribution >= 0.6 is 35.1 Å². The molecule has 0 aromatic rings. The number of hydrogen-bond donors (Lipinski definition) is 0. The van der Waals surface area contributed by atoms with Gasteiger partial charge in [0.1, 0.15) is 25.4 Å². The molecular formula is C7H16IN2O2S+. The summed E-state index contributed by atoms with van der Waals surface area (Å²) in [6.07, 6.45) is 0. The number of nitrogens with zero attached hydrogens (tertiary/aromatic N) is 2. The number of carbonyl (C=O) groups excluding carboxylic acids is 1. The first-order chi connectivity index (χ1) is 5.83. The molecule has 0 aliphatic carbocycles. The van der Waals surface area contributed by atoms with Gasteiger partial charge >= 0.3 is 0 Å². The molecule has 13 heavy (non-hydrogen) atoms. The average molecular weight is 319 g/mol. The Labute approximate surface area is 98.0 Å². The van der Waals surface area contributed by atoms with Crippen LogP contribution in [0.25, 0.3) is 0 Å². The van der Waals surface area contributed by atoms with Crippen LogP contribution in [0.1, 0.15) is 6.92 Å². The fourth-order valence-corrected chi connectivity index (χ4v) is 1.13. The second-order valence-electron chi connectivity index (χ2n) is 3.67. The molecule has 0 saturated carbocycles.